The molecule has 1 unspecified atom stereocenters. The Hall–Kier alpha value is -0.710. The summed E-state index contributed by atoms with van der Waals surface area (Å²) in [7, 11) is -3.52. The van der Waals surface area contributed by atoms with Crippen molar-refractivity contribution >= 4 is 12.8 Å². The Balaban J connectivity index is 0. The summed E-state index contributed by atoms with van der Waals surface area (Å²) < 4.78 is 10.7. The minimum absolute atomic E-state index is 0. The lowest BCUT2D eigenvalue weighted by atomic mass is 10.4. The summed E-state index contributed by atoms with van der Waals surface area (Å²) in [6, 6.07) is 8.16. The molecule has 1 aromatic carbocycles. The van der Waals surface area contributed by atoms with Gasteiger partial charge in [-0.1, -0.05) is 18.2 Å². The molecule has 0 saturated carbocycles. The van der Waals surface area contributed by atoms with Crippen LogP contribution < -0.4 is 23.1 Å². The fraction of sp³-hybridized carbons (Fsp3) is 0. The van der Waals surface area contributed by atoms with Crippen molar-refractivity contribution in [2.45, 2.75) is 0 Å². The molecule has 0 aromatic heterocycles. The van der Waals surface area contributed by atoms with Crippen LogP contribution in [0.1, 0.15) is 0 Å². The highest BCUT2D eigenvalue weighted by Crippen LogP contribution is 2.27. The minimum Gasteiger partial charge on any atom is -0.344 e. The van der Waals surface area contributed by atoms with Crippen LogP contribution in [-0.4, -0.2) is 4.89 Å². The van der Waals surface area contributed by atoms with E-state index in [0.717, 1.165) is 0 Å². The van der Waals surface area contributed by atoms with Crippen LogP contribution in [0.5, 0.6) is 0 Å². The Morgan fingerprint density at radius 2 is 1.58 bits per heavy atom. The average Bonchev–Trinajstić information content (AvgIpc) is 1.88. The van der Waals surface area contributed by atoms with Gasteiger partial charge in [-0.25, -0.2) is 0 Å². The standard InChI is InChI=1S/C6H8NO2P.2H3N/c7-10(8,9)6-4-2-1-3-5-6;;/h1-5H,(H3,7,8,9);2*1H3. The first-order valence-corrected chi connectivity index (χ1v) is 4.50. The van der Waals surface area contributed by atoms with E-state index < -0.39 is 7.52 Å². The van der Waals surface area contributed by atoms with E-state index in [1.54, 1.807) is 18.2 Å². The monoisotopic (exact) mass is 191 g/mol. The molecular formula is C6H14N3O2P. The molecule has 5 nitrogen and oxygen atoms in total. The van der Waals surface area contributed by atoms with E-state index in [9.17, 15) is 4.57 Å². The van der Waals surface area contributed by atoms with Gasteiger partial charge in [-0.15, -0.1) is 0 Å². The van der Waals surface area contributed by atoms with Gasteiger partial charge in [0.2, 0.25) is 0 Å². The van der Waals surface area contributed by atoms with Crippen LogP contribution >= 0.6 is 7.52 Å². The molecule has 0 heterocycles. The molecule has 0 amide bonds. The fourth-order valence-electron chi connectivity index (χ4n) is 0.642. The maximum absolute atomic E-state index is 10.7. The maximum Gasteiger partial charge on any atom is 0.294 e. The molecule has 70 valence electrons. The Morgan fingerprint density at radius 3 is 1.83 bits per heavy atom. The topological polar surface area (TPSA) is 133 Å². The number of benzene rings is 1. The summed E-state index contributed by atoms with van der Waals surface area (Å²) >= 11 is 0. The van der Waals surface area contributed by atoms with Crippen LogP contribution in [0.3, 0.4) is 0 Å². The molecule has 0 aliphatic rings. The van der Waals surface area contributed by atoms with Gasteiger partial charge in [0, 0.05) is 0 Å². The second kappa shape index (κ2) is 5.03. The lowest BCUT2D eigenvalue weighted by Gasteiger charge is -2.02. The van der Waals surface area contributed by atoms with Crippen molar-refractivity contribution in [3.8, 4) is 0 Å². The van der Waals surface area contributed by atoms with Gasteiger partial charge in [-0.3, -0.25) is 10.1 Å². The number of rotatable bonds is 1. The van der Waals surface area contributed by atoms with E-state index in [0.29, 0.717) is 0 Å². The predicted octanol–water partition coefficient (Wildman–Crippen LogP) is 0.780. The Bertz CT molecular complexity index is 259. The molecule has 0 aliphatic heterocycles. The molecule has 0 spiro atoms. The lowest BCUT2D eigenvalue weighted by molar-refractivity contribution is 0.491. The predicted molar refractivity (Wildman–Crippen MR) is 50.1 cm³/mol. The maximum atomic E-state index is 10.7. The van der Waals surface area contributed by atoms with E-state index in [-0.39, 0.29) is 17.6 Å². The molecule has 1 atom stereocenters. The molecule has 12 heavy (non-hydrogen) atoms. The summed E-state index contributed by atoms with van der Waals surface area (Å²) in [4.78, 5) is 8.82. The first kappa shape index (κ1) is 13.9. The molecule has 0 aliphatic carbocycles. The summed E-state index contributed by atoms with van der Waals surface area (Å²) in [5, 5.41) is 0.287. The van der Waals surface area contributed by atoms with Crippen LogP contribution in [0.15, 0.2) is 30.3 Å². The minimum atomic E-state index is -3.52. The zero-order chi connectivity index (χ0) is 7.61. The zero-order valence-corrected chi connectivity index (χ0v) is 7.58. The lowest BCUT2D eigenvalue weighted by Crippen LogP contribution is -2.09. The van der Waals surface area contributed by atoms with Crippen molar-refractivity contribution in [1.82, 2.24) is 12.3 Å². The number of hydrogen-bond donors (Lipinski definition) is 4. The van der Waals surface area contributed by atoms with Gasteiger partial charge in [0.25, 0.3) is 7.52 Å². The Kier molecular flexibility index (Phi) is 5.80. The molecule has 9 N–H and O–H groups in total. The van der Waals surface area contributed by atoms with E-state index >= 15 is 0 Å². The number of nitrogens with two attached hydrogens (primary N) is 1. The summed E-state index contributed by atoms with van der Waals surface area (Å²) in [6.45, 7) is 0. The molecule has 0 radical (unpaired) electrons. The third-order valence-corrected chi connectivity index (χ3v) is 2.16. The van der Waals surface area contributed by atoms with Crippen LogP contribution in [0, 0.1) is 0 Å². The Morgan fingerprint density at radius 1 is 1.17 bits per heavy atom. The van der Waals surface area contributed by atoms with E-state index in [4.69, 9.17) is 10.4 Å². The van der Waals surface area contributed by atoms with Crippen molar-refractivity contribution in [2.75, 3.05) is 0 Å². The summed E-state index contributed by atoms with van der Waals surface area (Å²) in [6.07, 6.45) is 0. The third-order valence-electron chi connectivity index (χ3n) is 1.13. The molecular weight excluding hydrogens is 177 g/mol. The average molecular weight is 191 g/mol. The molecule has 1 aromatic rings. The van der Waals surface area contributed by atoms with E-state index in [2.05, 4.69) is 0 Å². The fourth-order valence-corrected chi connectivity index (χ4v) is 1.24. The first-order valence-electron chi connectivity index (χ1n) is 2.78. The molecule has 6 heteroatoms. The second-order valence-corrected chi connectivity index (χ2v) is 3.72. The highest BCUT2D eigenvalue weighted by Gasteiger charge is 2.12. The molecule has 0 saturated heterocycles. The summed E-state index contributed by atoms with van der Waals surface area (Å²) in [5.74, 6) is 0. The highest BCUT2D eigenvalue weighted by atomic mass is 31.2. The van der Waals surface area contributed by atoms with Crippen LogP contribution in [-0.2, 0) is 4.57 Å². The van der Waals surface area contributed by atoms with Gasteiger partial charge in [-0.05, 0) is 12.1 Å². The van der Waals surface area contributed by atoms with Crippen LogP contribution in [0.4, 0.5) is 0 Å². The van der Waals surface area contributed by atoms with Gasteiger partial charge in [0.1, 0.15) is 0 Å². The van der Waals surface area contributed by atoms with Gasteiger partial charge in [-0.2, -0.15) is 0 Å². The smallest absolute Gasteiger partial charge is 0.294 e. The zero-order valence-electron chi connectivity index (χ0n) is 6.68. The van der Waals surface area contributed by atoms with Gasteiger partial charge >= 0.3 is 0 Å². The van der Waals surface area contributed by atoms with Crippen molar-refractivity contribution in [3.63, 3.8) is 0 Å². The van der Waals surface area contributed by atoms with Crippen molar-refractivity contribution in [2.24, 2.45) is 5.50 Å². The summed E-state index contributed by atoms with van der Waals surface area (Å²) in [5.41, 5.74) is 4.97. The van der Waals surface area contributed by atoms with Crippen molar-refractivity contribution in [3.05, 3.63) is 30.3 Å². The van der Waals surface area contributed by atoms with Crippen LogP contribution in [0.2, 0.25) is 0 Å². The van der Waals surface area contributed by atoms with E-state index in [1.165, 1.54) is 12.1 Å². The quantitative estimate of drug-likeness (QED) is 0.486. The molecule has 0 fully saturated rings. The SMILES string of the molecule is N.N.NP(=O)(O)c1ccccc1. The second-order valence-electron chi connectivity index (χ2n) is 1.96. The molecule has 1 rings (SSSR count). The number of hydrogen-bond acceptors (Lipinski definition) is 3. The van der Waals surface area contributed by atoms with Gasteiger partial charge in [0.15, 0.2) is 0 Å². The third kappa shape index (κ3) is 3.61. The van der Waals surface area contributed by atoms with E-state index in [1.807, 2.05) is 0 Å². The van der Waals surface area contributed by atoms with Gasteiger partial charge < -0.3 is 17.2 Å². The highest BCUT2D eigenvalue weighted by molar-refractivity contribution is 7.63. The first-order chi connectivity index (χ1) is 4.61. The van der Waals surface area contributed by atoms with Crippen LogP contribution in [0.25, 0.3) is 0 Å². The normalized spacial score (nSPS) is 13.5. The Labute approximate surface area is 71.3 Å². The van der Waals surface area contributed by atoms with Gasteiger partial charge in [0.05, 0.1) is 5.30 Å². The van der Waals surface area contributed by atoms with Crippen molar-refractivity contribution in [1.29, 1.82) is 0 Å². The van der Waals surface area contributed by atoms with Crippen molar-refractivity contribution < 1.29 is 9.46 Å². The largest absolute Gasteiger partial charge is 0.344 e. The molecule has 0 bridgehead atoms.